The number of likely N-dealkylation sites (N-methyl/N-ethyl adjacent to an activating group) is 1. The lowest BCUT2D eigenvalue weighted by molar-refractivity contribution is 0.316. The molecule has 4 aliphatic rings. The monoisotopic (exact) mass is 587 g/mol. The van der Waals surface area contributed by atoms with Crippen LogP contribution >= 0.6 is 0 Å². The average molecular weight is 588 g/mol. The number of allylic oxidation sites excluding steroid dienone is 2. The van der Waals surface area contributed by atoms with Crippen LogP contribution < -0.4 is 15.3 Å². The number of rotatable bonds is 5. The fourth-order valence-electron chi connectivity index (χ4n) is 8.27. The third-order valence-corrected chi connectivity index (χ3v) is 10.5. The van der Waals surface area contributed by atoms with Crippen LogP contribution in [-0.2, 0) is 18.3 Å². The van der Waals surface area contributed by atoms with E-state index in [2.05, 4.69) is 153 Å². The molecule has 3 nitrogen and oxygen atoms in total. The second kappa shape index (κ2) is 10.8. The third-order valence-electron chi connectivity index (χ3n) is 10.5. The zero-order valence-corrected chi connectivity index (χ0v) is 26.8. The summed E-state index contributed by atoms with van der Waals surface area (Å²) in [7, 11) is 2.32. The SMILES string of the molecule is CCc1ccccc1/C=C1\Cc2ccccc2N1CC1C(C2C=c3ccccc3=CC2)=NC2=C(N1C)C(C)(C)c1ccccc12. The van der Waals surface area contributed by atoms with Crippen molar-refractivity contribution < 1.29 is 0 Å². The van der Waals surface area contributed by atoms with Crippen molar-refractivity contribution in [3.8, 4) is 0 Å². The van der Waals surface area contributed by atoms with E-state index in [0.717, 1.165) is 31.5 Å². The molecule has 4 aromatic carbocycles. The van der Waals surface area contributed by atoms with E-state index in [1.807, 2.05) is 0 Å². The van der Waals surface area contributed by atoms with Crippen LogP contribution in [0.3, 0.4) is 0 Å². The maximum atomic E-state index is 5.70. The van der Waals surface area contributed by atoms with E-state index in [1.165, 1.54) is 61.0 Å². The predicted octanol–water partition coefficient (Wildman–Crippen LogP) is 7.35. The van der Waals surface area contributed by atoms with Gasteiger partial charge in [-0.3, -0.25) is 4.99 Å². The van der Waals surface area contributed by atoms with Gasteiger partial charge in [0.05, 0.1) is 23.1 Å². The molecule has 0 fully saturated rings. The van der Waals surface area contributed by atoms with E-state index >= 15 is 0 Å². The molecule has 0 spiro atoms. The molecule has 0 saturated carbocycles. The topological polar surface area (TPSA) is 18.8 Å². The molecular formula is C42H41N3. The Hall–Kier alpha value is -4.63. The molecule has 2 heterocycles. The van der Waals surface area contributed by atoms with Gasteiger partial charge in [0.25, 0.3) is 0 Å². The lowest BCUT2D eigenvalue weighted by Gasteiger charge is -2.44. The fourth-order valence-corrected chi connectivity index (χ4v) is 8.27. The Morgan fingerprint density at radius 2 is 1.60 bits per heavy atom. The van der Waals surface area contributed by atoms with Gasteiger partial charge in [0.15, 0.2) is 0 Å². The van der Waals surface area contributed by atoms with Crippen LogP contribution in [0.1, 0.15) is 55.0 Å². The van der Waals surface area contributed by atoms with Gasteiger partial charge in [0.2, 0.25) is 0 Å². The molecule has 45 heavy (non-hydrogen) atoms. The first-order chi connectivity index (χ1) is 21.9. The molecular weight excluding hydrogens is 546 g/mol. The van der Waals surface area contributed by atoms with Gasteiger partial charge in [0, 0.05) is 48.3 Å². The molecule has 2 atom stereocenters. The standard InChI is InChI=1S/C42H41N3/c1-5-28-14-6-8-17-31(28)25-34-26-32-18-10-13-21-37(32)45(34)27-38-39(33-23-22-29-15-7-9-16-30(29)24-33)43-40-35-19-11-12-20-36(35)42(2,3)41(40)44(38)4/h6-22,24-25,33,38H,5,23,26-27H2,1-4H3/b34-25+. The third kappa shape index (κ3) is 4.51. The molecule has 8 rings (SSSR count). The van der Waals surface area contributed by atoms with Crippen LogP contribution in [0.25, 0.3) is 23.9 Å². The smallest absolute Gasteiger partial charge is 0.0905 e. The summed E-state index contributed by atoms with van der Waals surface area (Å²) in [6, 6.07) is 35.6. The van der Waals surface area contributed by atoms with Crippen molar-refractivity contribution in [1.29, 1.82) is 0 Å². The second-order valence-corrected chi connectivity index (χ2v) is 13.5. The van der Waals surface area contributed by atoms with E-state index < -0.39 is 0 Å². The minimum Gasteiger partial charge on any atom is -0.365 e. The Kier molecular flexibility index (Phi) is 6.67. The molecule has 4 aromatic rings. The summed E-state index contributed by atoms with van der Waals surface area (Å²) in [4.78, 5) is 10.9. The molecule has 2 aliphatic carbocycles. The Labute approximate surface area is 267 Å². The van der Waals surface area contributed by atoms with Gasteiger partial charge in [-0.2, -0.15) is 0 Å². The van der Waals surface area contributed by atoms with Crippen LogP contribution in [0.5, 0.6) is 0 Å². The van der Waals surface area contributed by atoms with Gasteiger partial charge < -0.3 is 9.80 Å². The Morgan fingerprint density at radius 3 is 2.47 bits per heavy atom. The van der Waals surface area contributed by atoms with Crippen molar-refractivity contribution in [2.75, 3.05) is 18.5 Å². The maximum Gasteiger partial charge on any atom is 0.0905 e. The van der Waals surface area contributed by atoms with Gasteiger partial charge in [-0.15, -0.1) is 0 Å². The normalized spacial score (nSPS) is 21.9. The quantitative estimate of drug-likeness (QED) is 0.243. The van der Waals surface area contributed by atoms with E-state index in [4.69, 9.17) is 4.99 Å². The lowest BCUT2D eigenvalue weighted by atomic mass is 9.82. The summed E-state index contributed by atoms with van der Waals surface area (Å²) in [6.07, 6.45) is 10.3. The molecule has 2 aliphatic heterocycles. The summed E-state index contributed by atoms with van der Waals surface area (Å²) in [5.74, 6) is 0.239. The van der Waals surface area contributed by atoms with Crippen molar-refractivity contribution in [1.82, 2.24) is 4.90 Å². The minimum atomic E-state index is -0.120. The van der Waals surface area contributed by atoms with Crippen molar-refractivity contribution in [2.24, 2.45) is 10.9 Å². The van der Waals surface area contributed by atoms with E-state index in [1.54, 1.807) is 0 Å². The van der Waals surface area contributed by atoms with Crippen LogP contribution in [0.2, 0.25) is 0 Å². The molecule has 0 saturated heterocycles. The zero-order chi connectivity index (χ0) is 30.7. The Balaban J connectivity index is 1.27. The lowest BCUT2D eigenvalue weighted by Crippen LogP contribution is -2.52. The molecule has 0 N–H and O–H groups in total. The number of para-hydroxylation sites is 1. The van der Waals surface area contributed by atoms with Gasteiger partial charge in [-0.05, 0) is 57.7 Å². The number of benzene rings is 4. The predicted molar refractivity (Wildman–Crippen MR) is 189 cm³/mol. The molecule has 0 aromatic heterocycles. The Morgan fingerprint density at radius 1 is 0.867 bits per heavy atom. The van der Waals surface area contributed by atoms with Gasteiger partial charge in [0.1, 0.15) is 0 Å². The summed E-state index contributed by atoms with van der Waals surface area (Å²) in [5.41, 5.74) is 13.1. The zero-order valence-electron chi connectivity index (χ0n) is 26.8. The van der Waals surface area contributed by atoms with Crippen LogP contribution in [0.4, 0.5) is 5.69 Å². The largest absolute Gasteiger partial charge is 0.365 e. The van der Waals surface area contributed by atoms with Crippen LogP contribution in [-0.4, -0.2) is 30.2 Å². The maximum absolute atomic E-state index is 5.70. The fraction of sp³-hybridized carbons (Fsp3) is 0.262. The molecule has 0 amide bonds. The van der Waals surface area contributed by atoms with Crippen molar-refractivity contribution in [2.45, 2.75) is 51.5 Å². The van der Waals surface area contributed by atoms with E-state index in [-0.39, 0.29) is 17.4 Å². The average Bonchev–Trinajstić information content (AvgIpc) is 3.53. The van der Waals surface area contributed by atoms with Crippen LogP contribution in [0, 0.1) is 5.92 Å². The first-order valence-corrected chi connectivity index (χ1v) is 16.5. The second-order valence-electron chi connectivity index (χ2n) is 13.5. The number of nitrogens with zero attached hydrogens (tertiary/aromatic N) is 3. The number of hydrogen-bond acceptors (Lipinski definition) is 3. The first-order valence-electron chi connectivity index (χ1n) is 16.5. The van der Waals surface area contributed by atoms with Crippen molar-refractivity contribution in [3.63, 3.8) is 0 Å². The molecule has 3 heteroatoms. The highest BCUT2D eigenvalue weighted by molar-refractivity contribution is 6.03. The molecule has 0 radical (unpaired) electrons. The molecule has 0 bridgehead atoms. The summed E-state index contributed by atoms with van der Waals surface area (Å²) >= 11 is 0. The highest BCUT2D eigenvalue weighted by Gasteiger charge is 2.46. The number of fused-ring (bicyclic) bond motifs is 4. The summed E-state index contributed by atoms with van der Waals surface area (Å²) in [5, 5.41) is 2.64. The van der Waals surface area contributed by atoms with E-state index in [9.17, 15) is 0 Å². The van der Waals surface area contributed by atoms with Gasteiger partial charge in [-0.1, -0.05) is 124 Å². The number of aliphatic imine (C=N–C) groups is 1. The van der Waals surface area contributed by atoms with Crippen molar-refractivity contribution >= 4 is 35.3 Å². The first kappa shape index (κ1) is 27.9. The van der Waals surface area contributed by atoms with E-state index in [0.29, 0.717) is 0 Å². The molecule has 224 valence electrons. The minimum absolute atomic E-state index is 0.119. The molecule has 2 unspecified atom stereocenters. The number of anilines is 1. The number of hydrogen-bond donors (Lipinski definition) is 0. The van der Waals surface area contributed by atoms with Crippen molar-refractivity contribution in [3.05, 3.63) is 147 Å². The highest BCUT2D eigenvalue weighted by Crippen LogP contribution is 2.51. The Bertz CT molecular complexity index is 2040. The van der Waals surface area contributed by atoms with Gasteiger partial charge in [-0.25, -0.2) is 0 Å². The number of aryl methyl sites for hydroxylation is 1. The highest BCUT2D eigenvalue weighted by atomic mass is 15.3. The summed E-state index contributed by atoms with van der Waals surface area (Å²) in [6.45, 7) is 7.84. The summed E-state index contributed by atoms with van der Waals surface area (Å²) < 4.78 is 0. The van der Waals surface area contributed by atoms with Gasteiger partial charge >= 0.3 is 0 Å². The van der Waals surface area contributed by atoms with Crippen LogP contribution in [0.15, 0.2) is 113 Å².